The topological polar surface area (TPSA) is 182 Å². The van der Waals surface area contributed by atoms with Gasteiger partial charge in [0.2, 0.25) is 0 Å². The first-order chi connectivity index (χ1) is 37.3. The van der Waals surface area contributed by atoms with Crippen molar-refractivity contribution in [2.75, 3.05) is 0 Å². The number of phenolic OH excluding ortho intramolecular Hbond substituents is 8. The van der Waals surface area contributed by atoms with Crippen LogP contribution < -0.4 is 0 Å². The molecule has 1 aliphatic rings. The third-order valence-corrected chi connectivity index (χ3v) is 16.5. The number of fused-ring (bicyclic) bond motifs is 8. The molecule has 0 aromatic heterocycles. The maximum Gasteiger partial charge on any atom is 0.123 e. The standard InChI is InChI=1S/C68H98O9/c1-5-8-11-14-17-20-26-31-36-49-53-40-55(63(72)44-61(53)70)50(37-32-27-21-18-15-12-9-6-2)57-42-59(67(76)46-65(57)74)52(39-34-29-24-23-25-30-35-48(4)69)60-43-58(66(75)47-68(60)77)51(38-33-28-22-19-16-13-10-7-3)56-41-54(49)62(71)45-64(56)73/h5-7,40-52,69-77H,1-3,8-39H2,4H3. The second kappa shape index (κ2) is 33.7. The number of allylic oxidation sites excluding steroid dienone is 3. The summed E-state index contributed by atoms with van der Waals surface area (Å²) in [6, 6.07) is 12.9. The highest BCUT2D eigenvalue weighted by Crippen LogP contribution is 2.52. The molecule has 9 nitrogen and oxygen atoms in total. The number of rotatable bonds is 36. The maximum absolute atomic E-state index is 12.1. The Bertz CT molecular complexity index is 2280. The van der Waals surface area contributed by atoms with Gasteiger partial charge in [-0.2, -0.15) is 0 Å². The molecule has 3 atom stereocenters. The van der Waals surface area contributed by atoms with Crippen LogP contribution in [0.15, 0.2) is 86.5 Å². The number of aromatic hydroxyl groups is 8. The minimum absolute atomic E-state index is 0.127. The van der Waals surface area contributed by atoms with E-state index in [1.165, 1.54) is 24.3 Å². The van der Waals surface area contributed by atoms with Crippen LogP contribution in [0.25, 0.3) is 0 Å². The Morgan fingerprint density at radius 2 is 0.481 bits per heavy atom. The van der Waals surface area contributed by atoms with Crippen molar-refractivity contribution in [1.82, 2.24) is 0 Å². The Morgan fingerprint density at radius 3 is 0.675 bits per heavy atom. The molecule has 0 saturated heterocycles. The van der Waals surface area contributed by atoms with Crippen molar-refractivity contribution in [2.45, 2.75) is 242 Å². The molecule has 424 valence electrons. The van der Waals surface area contributed by atoms with Crippen LogP contribution in [0.4, 0.5) is 0 Å². The van der Waals surface area contributed by atoms with E-state index in [1.807, 2.05) is 49.4 Å². The number of aliphatic hydroxyl groups excluding tert-OH is 1. The first-order valence-corrected chi connectivity index (χ1v) is 30.0. The van der Waals surface area contributed by atoms with E-state index in [-0.39, 0.29) is 52.1 Å². The van der Waals surface area contributed by atoms with Gasteiger partial charge in [-0.15, -0.1) is 19.7 Å². The fourth-order valence-electron chi connectivity index (χ4n) is 12.1. The summed E-state index contributed by atoms with van der Waals surface area (Å²) in [4.78, 5) is 0. The lowest BCUT2D eigenvalue weighted by atomic mass is 9.76. The van der Waals surface area contributed by atoms with Gasteiger partial charge in [0.05, 0.1) is 6.10 Å². The highest BCUT2D eigenvalue weighted by molar-refractivity contribution is 5.62. The van der Waals surface area contributed by atoms with Gasteiger partial charge in [0.25, 0.3) is 0 Å². The molecule has 9 heteroatoms. The van der Waals surface area contributed by atoms with E-state index in [2.05, 4.69) is 19.7 Å². The van der Waals surface area contributed by atoms with Crippen molar-refractivity contribution in [2.24, 2.45) is 0 Å². The van der Waals surface area contributed by atoms with E-state index in [0.717, 1.165) is 180 Å². The smallest absolute Gasteiger partial charge is 0.123 e. The van der Waals surface area contributed by atoms with E-state index in [1.54, 1.807) is 0 Å². The van der Waals surface area contributed by atoms with Crippen molar-refractivity contribution < 1.29 is 46.0 Å². The Balaban J connectivity index is 1.72. The van der Waals surface area contributed by atoms with Crippen molar-refractivity contribution in [3.05, 3.63) is 131 Å². The molecule has 1 aliphatic carbocycles. The van der Waals surface area contributed by atoms with Crippen LogP contribution in [0.3, 0.4) is 0 Å². The molecule has 0 aliphatic heterocycles. The first-order valence-electron chi connectivity index (χ1n) is 30.0. The number of aliphatic hydroxyl groups is 1. The van der Waals surface area contributed by atoms with Crippen LogP contribution in [0, 0.1) is 0 Å². The summed E-state index contributed by atoms with van der Waals surface area (Å²) in [5.41, 5.74) is 4.08. The van der Waals surface area contributed by atoms with Gasteiger partial charge in [-0.3, -0.25) is 0 Å². The summed E-state index contributed by atoms with van der Waals surface area (Å²) in [5.74, 6) is -3.38. The zero-order valence-corrected chi connectivity index (χ0v) is 47.0. The Morgan fingerprint density at radius 1 is 0.299 bits per heavy atom. The maximum atomic E-state index is 12.1. The molecule has 0 amide bonds. The van der Waals surface area contributed by atoms with Gasteiger partial charge in [-0.05, 0) is 102 Å². The predicted molar refractivity (Wildman–Crippen MR) is 316 cm³/mol. The van der Waals surface area contributed by atoms with Crippen LogP contribution >= 0.6 is 0 Å². The van der Waals surface area contributed by atoms with Crippen molar-refractivity contribution in [1.29, 1.82) is 0 Å². The van der Waals surface area contributed by atoms with Gasteiger partial charge < -0.3 is 46.0 Å². The molecule has 5 rings (SSSR count). The summed E-state index contributed by atoms with van der Waals surface area (Å²) >= 11 is 0. The largest absolute Gasteiger partial charge is 0.508 e. The van der Waals surface area contributed by atoms with Gasteiger partial charge in [0, 0.05) is 92.4 Å². The van der Waals surface area contributed by atoms with E-state index in [9.17, 15) is 46.0 Å². The molecule has 9 N–H and O–H groups in total. The molecule has 4 aromatic carbocycles. The predicted octanol–water partition coefficient (Wildman–Crippen LogP) is 18.6. The van der Waals surface area contributed by atoms with Crippen LogP contribution in [0.5, 0.6) is 46.0 Å². The molecule has 77 heavy (non-hydrogen) atoms. The van der Waals surface area contributed by atoms with Crippen molar-refractivity contribution >= 4 is 0 Å². The van der Waals surface area contributed by atoms with Gasteiger partial charge in [0.1, 0.15) is 46.0 Å². The fraction of sp³-hybridized carbons (Fsp3) is 0.559. The van der Waals surface area contributed by atoms with Crippen molar-refractivity contribution in [3.8, 4) is 46.0 Å². The number of hydrogen-bond acceptors (Lipinski definition) is 9. The molecule has 0 heterocycles. The highest BCUT2D eigenvalue weighted by Gasteiger charge is 2.33. The van der Waals surface area contributed by atoms with Gasteiger partial charge in [-0.1, -0.05) is 153 Å². The zero-order valence-electron chi connectivity index (χ0n) is 47.0. The molecular weight excluding hydrogens is 961 g/mol. The molecule has 0 radical (unpaired) electrons. The van der Waals surface area contributed by atoms with Gasteiger partial charge >= 0.3 is 0 Å². The van der Waals surface area contributed by atoms with Crippen LogP contribution in [-0.4, -0.2) is 52.1 Å². The number of phenols is 8. The lowest BCUT2D eigenvalue weighted by Gasteiger charge is -2.29. The van der Waals surface area contributed by atoms with Gasteiger partial charge in [-0.25, -0.2) is 0 Å². The van der Waals surface area contributed by atoms with Crippen LogP contribution in [0.2, 0.25) is 0 Å². The molecule has 8 bridgehead atoms. The molecule has 0 spiro atoms. The second-order valence-corrected chi connectivity index (χ2v) is 22.6. The summed E-state index contributed by atoms with van der Waals surface area (Å²) in [6.07, 6.45) is 35.0. The van der Waals surface area contributed by atoms with E-state index in [4.69, 9.17) is 0 Å². The SMILES string of the molecule is C=CCCCCCCCCC1c2cc(c(O)cc2O)C(CCCCCCCCC=C)c2cc(c(O)cc2O)C(CCCCCCCCC(C)O)c2cc(c(O)cc2O)C(CCCCCCCCC=C)c2cc1c(O)cc2O. The average molecular weight is 1060 g/mol. The van der Waals surface area contributed by atoms with Crippen LogP contribution in [-0.2, 0) is 0 Å². The molecular formula is C68H98O9. The quantitative estimate of drug-likeness (QED) is 0.0158. The third kappa shape index (κ3) is 19.1. The minimum Gasteiger partial charge on any atom is -0.508 e. The van der Waals surface area contributed by atoms with E-state index >= 15 is 0 Å². The fourth-order valence-corrected chi connectivity index (χ4v) is 12.1. The third-order valence-electron chi connectivity index (χ3n) is 16.5. The molecule has 4 aromatic rings. The van der Waals surface area contributed by atoms with E-state index in [0.29, 0.717) is 70.2 Å². The number of benzene rings is 4. The van der Waals surface area contributed by atoms with Gasteiger partial charge in [0.15, 0.2) is 0 Å². The summed E-state index contributed by atoms with van der Waals surface area (Å²) < 4.78 is 0. The summed E-state index contributed by atoms with van der Waals surface area (Å²) in [6.45, 7) is 13.4. The Labute approximate surface area is 463 Å². The highest BCUT2D eigenvalue weighted by atomic mass is 16.3. The van der Waals surface area contributed by atoms with Crippen molar-refractivity contribution in [3.63, 3.8) is 0 Å². The average Bonchev–Trinajstić information content (AvgIpc) is 3.39. The summed E-state index contributed by atoms with van der Waals surface area (Å²) in [7, 11) is 0. The second-order valence-electron chi connectivity index (χ2n) is 22.6. The molecule has 3 unspecified atom stereocenters. The van der Waals surface area contributed by atoms with E-state index < -0.39 is 23.7 Å². The Hall–Kier alpha value is -5.54. The lowest BCUT2D eigenvalue weighted by molar-refractivity contribution is 0.180. The number of unbranched alkanes of at least 4 members (excludes halogenated alkanes) is 23. The molecule has 0 saturated carbocycles. The summed E-state index contributed by atoms with van der Waals surface area (Å²) in [5, 5.41) is 106. The minimum atomic E-state index is -0.594. The monoisotopic (exact) mass is 1060 g/mol. The first kappa shape index (κ1) is 62.3. The van der Waals surface area contributed by atoms with Crippen LogP contribution in [0.1, 0.15) is 281 Å². The lowest BCUT2D eigenvalue weighted by Crippen LogP contribution is -2.11. The normalized spacial score (nSPS) is 16.5. The Kier molecular flexibility index (Phi) is 27.3. The zero-order chi connectivity index (χ0) is 55.5. The molecule has 0 fully saturated rings. The number of hydrogen-bond donors (Lipinski definition) is 9.